The highest BCUT2D eigenvalue weighted by Crippen LogP contribution is 2.29. The number of nitrogens with one attached hydrogen (secondary N) is 3. The number of alkyl halides is 3. The van der Waals surface area contributed by atoms with Crippen LogP contribution in [0, 0.1) is 5.92 Å². The van der Waals surface area contributed by atoms with E-state index in [2.05, 4.69) is 20.9 Å². The van der Waals surface area contributed by atoms with E-state index in [1.165, 1.54) is 6.07 Å². The van der Waals surface area contributed by atoms with Crippen molar-refractivity contribution in [2.45, 2.75) is 26.6 Å². The maximum absolute atomic E-state index is 12.7. The van der Waals surface area contributed by atoms with Gasteiger partial charge in [-0.25, -0.2) is 0 Å². The number of carbonyl (C=O) groups excluding carboxylic acids is 1. The first kappa shape index (κ1) is 19.8. The zero-order chi connectivity index (χ0) is 18.2. The molecule has 0 saturated heterocycles. The van der Waals surface area contributed by atoms with Crippen molar-refractivity contribution in [3.63, 3.8) is 0 Å². The summed E-state index contributed by atoms with van der Waals surface area (Å²) in [5.41, 5.74) is -0.179. The third-order valence-corrected chi connectivity index (χ3v) is 3.18. The lowest BCUT2D eigenvalue weighted by Gasteiger charge is -2.14. The molecule has 0 spiro atoms. The van der Waals surface area contributed by atoms with Crippen LogP contribution in [0.1, 0.15) is 25.0 Å². The van der Waals surface area contributed by atoms with Gasteiger partial charge in [-0.2, -0.15) is 13.2 Å². The maximum atomic E-state index is 12.7. The number of guanidine groups is 1. The topological polar surface area (TPSA) is 65.5 Å². The molecular weight excluding hydrogens is 321 g/mol. The summed E-state index contributed by atoms with van der Waals surface area (Å²) in [6.45, 7) is 4.71. The Kier molecular flexibility index (Phi) is 7.54. The normalized spacial score (nSPS) is 12.2. The van der Waals surface area contributed by atoms with Crippen LogP contribution in [0.15, 0.2) is 29.3 Å². The van der Waals surface area contributed by atoms with E-state index >= 15 is 0 Å². The Balaban J connectivity index is 2.43. The van der Waals surface area contributed by atoms with E-state index in [0.717, 1.165) is 12.1 Å². The minimum Gasteiger partial charge on any atom is -0.355 e. The summed E-state index contributed by atoms with van der Waals surface area (Å²) in [6, 6.07) is 5.12. The highest BCUT2D eigenvalue weighted by Gasteiger charge is 2.30. The van der Waals surface area contributed by atoms with Crippen molar-refractivity contribution < 1.29 is 18.0 Å². The molecule has 3 N–H and O–H groups in total. The largest absolute Gasteiger partial charge is 0.416 e. The number of hydrogen-bond donors (Lipinski definition) is 3. The predicted molar refractivity (Wildman–Crippen MR) is 87.5 cm³/mol. The molecule has 0 bridgehead atoms. The fraction of sp³-hybridized carbons (Fsp3) is 0.500. The number of carbonyl (C=O) groups is 1. The van der Waals surface area contributed by atoms with Crippen LogP contribution in [0.2, 0.25) is 0 Å². The third kappa shape index (κ3) is 6.89. The molecule has 1 aromatic rings. The second-order valence-electron chi connectivity index (χ2n) is 5.50. The van der Waals surface area contributed by atoms with Gasteiger partial charge in [0.05, 0.1) is 5.56 Å². The quantitative estimate of drug-likeness (QED) is 0.421. The molecule has 1 rings (SSSR count). The molecular formula is C16H23F3N4O. The monoisotopic (exact) mass is 344 g/mol. The Bertz CT molecular complexity index is 571. The van der Waals surface area contributed by atoms with Crippen molar-refractivity contribution >= 4 is 11.9 Å². The summed E-state index contributed by atoms with van der Waals surface area (Å²) < 4.78 is 38.0. The van der Waals surface area contributed by atoms with Crippen LogP contribution in [0.3, 0.4) is 0 Å². The van der Waals surface area contributed by atoms with E-state index in [4.69, 9.17) is 0 Å². The summed E-state index contributed by atoms with van der Waals surface area (Å²) in [6.07, 6.45) is -4.36. The van der Waals surface area contributed by atoms with Gasteiger partial charge in [0.25, 0.3) is 0 Å². The van der Waals surface area contributed by atoms with E-state index in [1.807, 2.05) is 0 Å². The van der Waals surface area contributed by atoms with Gasteiger partial charge in [0.15, 0.2) is 5.96 Å². The lowest BCUT2D eigenvalue weighted by Crippen LogP contribution is -2.41. The Hall–Kier alpha value is -2.25. The van der Waals surface area contributed by atoms with Crippen LogP contribution in [0.25, 0.3) is 0 Å². The predicted octanol–water partition coefficient (Wildman–Crippen LogP) is 2.14. The first-order valence-corrected chi connectivity index (χ1v) is 7.62. The van der Waals surface area contributed by atoms with Crippen LogP contribution < -0.4 is 16.0 Å². The number of halogens is 3. The van der Waals surface area contributed by atoms with Gasteiger partial charge in [-0.1, -0.05) is 26.0 Å². The molecule has 0 aliphatic heterocycles. The Morgan fingerprint density at radius 3 is 2.42 bits per heavy atom. The summed E-state index contributed by atoms with van der Waals surface area (Å²) in [5.74, 6) is 0.332. The van der Waals surface area contributed by atoms with Gasteiger partial charge < -0.3 is 16.0 Å². The highest BCUT2D eigenvalue weighted by atomic mass is 19.4. The molecule has 134 valence electrons. The molecule has 0 unspecified atom stereocenters. The number of amides is 1. The fourth-order valence-electron chi connectivity index (χ4n) is 1.83. The number of aliphatic imine (C=N–C) groups is 1. The average molecular weight is 344 g/mol. The third-order valence-electron chi connectivity index (χ3n) is 3.18. The molecule has 8 heteroatoms. The van der Waals surface area contributed by atoms with Gasteiger partial charge in [-0.15, -0.1) is 0 Å². The van der Waals surface area contributed by atoms with Gasteiger partial charge >= 0.3 is 6.18 Å². The smallest absolute Gasteiger partial charge is 0.355 e. The molecule has 24 heavy (non-hydrogen) atoms. The minimum atomic E-state index is -4.36. The van der Waals surface area contributed by atoms with Crippen molar-refractivity contribution in [3.8, 4) is 0 Å². The molecule has 5 nitrogen and oxygen atoms in total. The zero-order valence-corrected chi connectivity index (χ0v) is 14.0. The molecule has 0 aliphatic rings. The first-order chi connectivity index (χ1) is 11.2. The molecule has 0 atom stereocenters. The van der Waals surface area contributed by atoms with Crippen molar-refractivity contribution in [1.29, 1.82) is 0 Å². The lowest BCUT2D eigenvalue weighted by molar-refractivity contribution is -0.137. The van der Waals surface area contributed by atoms with Crippen LogP contribution >= 0.6 is 0 Å². The number of nitrogens with zero attached hydrogens (tertiary/aromatic N) is 1. The Labute approximate surface area is 139 Å². The maximum Gasteiger partial charge on any atom is 0.416 e. The standard InChI is InChI=1S/C16H23F3N4O/c1-11(2)14(24)21-7-8-22-15(20-3)23-10-12-5-4-6-13(9-12)16(17,18)19/h4-6,9,11H,7-8,10H2,1-3H3,(H,21,24)(H2,20,22,23). The minimum absolute atomic E-state index is 0.0382. The molecule has 0 radical (unpaired) electrons. The van der Waals surface area contributed by atoms with E-state index in [0.29, 0.717) is 24.6 Å². The zero-order valence-electron chi connectivity index (χ0n) is 14.0. The van der Waals surface area contributed by atoms with Crippen molar-refractivity contribution in [3.05, 3.63) is 35.4 Å². The molecule has 1 aromatic carbocycles. The van der Waals surface area contributed by atoms with E-state index in [1.54, 1.807) is 27.0 Å². The molecule has 0 aromatic heterocycles. The van der Waals surface area contributed by atoms with Crippen LogP contribution in [-0.4, -0.2) is 32.0 Å². The van der Waals surface area contributed by atoms with E-state index in [9.17, 15) is 18.0 Å². The fourth-order valence-corrected chi connectivity index (χ4v) is 1.83. The second-order valence-corrected chi connectivity index (χ2v) is 5.50. The Morgan fingerprint density at radius 1 is 1.17 bits per heavy atom. The number of rotatable bonds is 6. The molecule has 0 heterocycles. The lowest BCUT2D eigenvalue weighted by atomic mass is 10.1. The first-order valence-electron chi connectivity index (χ1n) is 7.62. The second kappa shape index (κ2) is 9.14. The van der Waals surface area contributed by atoms with Crippen LogP contribution in [0.4, 0.5) is 13.2 Å². The Morgan fingerprint density at radius 2 is 1.83 bits per heavy atom. The summed E-state index contributed by atoms with van der Waals surface area (Å²) in [5, 5.41) is 8.67. The molecule has 0 aliphatic carbocycles. The van der Waals surface area contributed by atoms with Gasteiger partial charge in [0, 0.05) is 32.6 Å². The molecule has 0 saturated carbocycles. The SMILES string of the molecule is CN=C(NCCNC(=O)C(C)C)NCc1cccc(C(F)(F)F)c1. The number of benzene rings is 1. The van der Waals surface area contributed by atoms with Gasteiger partial charge in [-0.3, -0.25) is 9.79 Å². The van der Waals surface area contributed by atoms with Crippen LogP contribution in [0.5, 0.6) is 0 Å². The molecule has 0 fully saturated rings. The van der Waals surface area contributed by atoms with E-state index in [-0.39, 0.29) is 18.4 Å². The van der Waals surface area contributed by atoms with Crippen molar-refractivity contribution in [2.24, 2.45) is 10.9 Å². The number of hydrogen-bond acceptors (Lipinski definition) is 2. The van der Waals surface area contributed by atoms with Gasteiger partial charge in [0.1, 0.15) is 0 Å². The van der Waals surface area contributed by atoms with Gasteiger partial charge in [-0.05, 0) is 17.7 Å². The summed E-state index contributed by atoms with van der Waals surface area (Å²) in [7, 11) is 1.56. The summed E-state index contributed by atoms with van der Waals surface area (Å²) in [4.78, 5) is 15.4. The highest BCUT2D eigenvalue weighted by molar-refractivity contribution is 5.80. The average Bonchev–Trinajstić information content (AvgIpc) is 2.53. The van der Waals surface area contributed by atoms with Crippen molar-refractivity contribution in [1.82, 2.24) is 16.0 Å². The summed E-state index contributed by atoms with van der Waals surface area (Å²) >= 11 is 0. The van der Waals surface area contributed by atoms with Gasteiger partial charge in [0.2, 0.25) is 5.91 Å². The van der Waals surface area contributed by atoms with Crippen LogP contribution in [-0.2, 0) is 17.5 Å². The van der Waals surface area contributed by atoms with E-state index < -0.39 is 11.7 Å². The van der Waals surface area contributed by atoms with Crippen molar-refractivity contribution in [2.75, 3.05) is 20.1 Å². The molecule has 1 amide bonds.